The van der Waals surface area contributed by atoms with Crippen molar-refractivity contribution < 1.29 is 14.1 Å². The normalized spacial score (nSPS) is 14.5. The molecule has 0 spiro atoms. The highest BCUT2D eigenvalue weighted by molar-refractivity contribution is 5.92. The Labute approximate surface area is 188 Å². The summed E-state index contributed by atoms with van der Waals surface area (Å²) in [4.78, 5) is 29.6. The maximum Gasteiger partial charge on any atom is 0.276 e. The minimum absolute atomic E-state index is 0.00221. The lowest BCUT2D eigenvalue weighted by atomic mass is 9.90. The van der Waals surface area contributed by atoms with Gasteiger partial charge in [0.05, 0.1) is 5.92 Å². The standard InChI is InChI=1S/C25H28N4O3/c1-19-18-22(27-32-19)25(31)29-16-14-28(15-17-29)13-12-26-24(30)23(20-8-4-2-5-9-20)21-10-6-3-7-11-21/h2-11,18,23H,12-17H2,1H3,(H,26,30). The molecular formula is C25H28N4O3. The zero-order chi connectivity index (χ0) is 22.3. The van der Waals surface area contributed by atoms with Crippen LogP contribution in [0.1, 0.15) is 33.3 Å². The van der Waals surface area contributed by atoms with Gasteiger partial charge in [-0.25, -0.2) is 0 Å². The lowest BCUT2D eigenvalue weighted by Crippen LogP contribution is -2.50. The van der Waals surface area contributed by atoms with Gasteiger partial charge in [0.15, 0.2) is 5.69 Å². The molecule has 1 aliphatic rings. The molecule has 7 heteroatoms. The molecule has 1 aromatic heterocycles. The molecule has 166 valence electrons. The number of aromatic nitrogens is 1. The first-order valence-electron chi connectivity index (χ1n) is 10.9. The van der Waals surface area contributed by atoms with E-state index < -0.39 is 0 Å². The summed E-state index contributed by atoms with van der Waals surface area (Å²) in [6.45, 7) is 5.87. The molecule has 0 aliphatic carbocycles. The molecule has 2 heterocycles. The predicted molar refractivity (Wildman–Crippen MR) is 121 cm³/mol. The Morgan fingerprint density at radius 1 is 0.969 bits per heavy atom. The topological polar surface area (TPSA) is 78.7 Å². The molecule has 1 N–H and O–H groups in total. The van der Waals surface area contributed by atoms with Gasteiger partial charge in [0.2, 0.25) is 5.91 Å². The summed E-state index contributed by atoms with van der Waals surface area (Å²) < 4.78 is 5.01. The van der Waals surface area contributed by atoms with E-state index in [1.807, 2.05) is 60.7 Å². The van der Waals surface area contributed by atoms with E-state index in [-0.39, 0.29) is 17.7 Å². The molecule has 0 bridgehead atoms. The van der Waals surface area contributed by atoms with Crippen LogP contribution in [-0.4, -0.2) is 66.0 Å². The second-order valence-corrected chi connectivity index (χ2v) is 8.00. The van der Waals surface area contributed by atoms with Crippen LogP contribution in [0.5, 0.6) is 0 Å². The SMILES string of the molecule is Cc1cc(C(=O)N2CCN(CCNC(=O)C(c3ccccc3)c3ccccc3)CC2)no1. The van der Waals surface area contributed by atoms with Crippen molar-refractivity contribution in [2.75, 3.05) is 39.3 Å². The molecule has 3 aromatic rings. The van der Waals surface area contributed by atoms with Gasteiger partial charge in [-0.3, -0.25) is 14.5 Å². The molecule has 7 nitrogen and oxygen atoms in total. The summed E-state index contributed by atoms with van der Waals surface area (Å²) in [6, 6.07) is 21.4. The van der Waals surface area contributed by atoms with Crippen LogP contribution in [0.25, 0.3) is 0 Å². The lowest BCUT2D eigenvalue weighted by molar-refractivity contribution is -0.121. The fourth-order valence-electron chi connectivity index (χ4n) is 4.03. The Morgan fingerprint density at radius 2 is 1.56 bits per heavy atom. The average molecular weight is 433 g/mol. The Hall–Kier alpha value is -3.45. The molecule has 1 fully saturated rings. The molecule has 1 saturated heterocycles. The van der Waals surface area contributed by atoms with Crippen molar-refractivity contribution in [1.82, 2.24) is 20.3 Å². The van der Waals surface area contributed by atoms with Crippen molar-refractivity contribution in [2.24, 2.45) is 0 Å². The third-order valence-electron chi connectivity index (χ3n) is 5.76. The molecule has 32 heavy (non-hydrogen) atoms. The minimum Gasteiger partial charge on any atom is -0.361 e. The van der Waals surface area contributed by atoms with E-state index in [1.54, 1.807) is 17.9 Å². The second kappa shape index (κ2) is 10.2. The van der Waals surface area contributed by atoms with Crippen LogP contribution in [0.15, 0.2) is 71.3 Å². The second-order valence-electron chi connectivity index (χ2n) is 8.00. The fourth-order valence-corrected chi connectivity index (χ4v) is 4.03. The van der Waals surface area contributed by atoms with Gasteiger partial charge in [0.25, 0.3) is 5.91 Å². The molecular weight excluding hydrogens is 404 g/mol. The predicted octanol–water partition coefficient (Wildman–Crippen LogP) is 2.69. The van der Waals surface area contributed by atoms with E-state index in [0.717, 1.165) is 30.8 Å². The van der Waals surface area contributed by atoms with Gasteiger partial charge in [-0.15, -0.1) is 0 Å². The van der Waals surface area contributed by atoms with Crippen molar-refractivity contribution in [3.05, 3.63) is 89.3 Å². The van der Waals surface area contributed by atoms with E-state index in [0.29, 0.717) is 31.1 Å². The van der Waals surface area contributed by atoms with Gasteiger partial charge in [-0.2, -0.15) is 0 Å². The van der Waals surface area contributed by atoms with Crippen LogP contribution in [0.4, 0.5) is 0 Å². The van der Waals surface area contributed by atoms with E-state index in [2.05, 4.69) is 15.4 Å². The van der Waals surface area contributed by atoms with Crippen LogP contribution >= 0.6 is 0 Å². The van der Waals surface area contributed by atoms with Gasteiger partial charge < -0.3 is 14.7 Å². The number of hydrogen-bond donors (Lipinski definition) is 1. The molecule has 0 radical (unpaired) electrons. The molecule has 4 rings (SSSR count). The number of amides is 2. The van der Waals surface area contributed by atoms with Crippen molar-refractivity contribution in [1.29, 1.82) is 0 Å². The van der Waals surface area contributed by atoms with Crippen molar-refractivity contribution in [3.63, 3.8) is 0 Å². The fraction of sp³-hybridized carbons (Fsp3) is 0.320. The van der Waals surface area contributed by atoms with Crippen molar-refractivity contribution in [2.45, 2.75) is 12.8 Å². The third-order valence-corrected chi connectivity index (χ3v) is 5.76. The third kappa shape index (κ3) is 5.23. The Balaban J connectivity index is 1.28. The van der Waals surface area contributed by atoms with Crippen LogP contribution in [0.3, 0.4) is 0 Å². The van der Waals surface area contributed by atoms with Crippen LogP contribution in [0, 0.1) is 6.92 Å². The number of piperazine rings is 1. The van der Waals surface area contributed by atoms with E-state index in [9.17, 15) is 9.59 Å². The maximum atomic E-state index is 13.1. The molecule has 2 aromatic carbocycles. The van der Waals surface area contributed by atoms with E-state index in [1.165, 1.54) is 0 Å². The highest BCUT2D eigenvalue weighted by Gasteiger charge is 2.25. The van der Waals surface area contributed by atoms with Gasteiger partial charge >= 0.3 is 0 Å². The zero-order valence-corrected chi connectivity index (χ0v) is 18.2. The van der Waals surface area contributed by atoms with Gasteiger partial charge in [-0.1, -0.05) is 65.8 Å². The zero-order valence-electron chi connectivity index (χ0n) is 18.2. The summed E-state index contributed by atoms with van der Waals surface area (Å²) in [5, 5.41) is 6.92. The average Bonchev–Trinajstić information content (AvgIpc) is 3.27. The Kier molecular flexibility index (Phi) is 6.97. The first-order chi connectivity index (χ1) is 15.6. The number of nitrogens with one attached hydrogen (secondary N) is 1. The minimum atomic E-state index is -0.335. The van der Waals surface area contributed by atoms with Gasteiger partial charge in [0, 0.05) is 45.3 Å². The summed E-state index contributed by atoms with van der Waals surface area (Å²) in [6.07, 6.45) is 0. The summed E-state index contributed by atoms with van der Waals surface area (Å²) in [5.41, 5.74) is 2.31. The summed E-state index contributed by atoms with van der Waals surface area (Å²) in [5.74, 6) is 0.200. The molecule has 0 atom stereocenters. The number of aryl methyl sites for hydroxylation is 1. The number of benzene rings is 2. The van der Waals surface area contributed by atoms with Crippen LogP contribution in [0.2, 0.25) is 0 Å². The Morgan fingerprint density at radius 3 is 2.09 bits per heavy atom. The first-order valence-corrected chi connectivity index (χ1v) is 10.9. The van der Waals surface area contributed by atoms with Gasteiger partial charge in [0.1, 0.15) is 5.76 Å². The largest absolute Gasteiger partial charge is 0.361 e. The monoisotopic (exact) mass is 432 g/mol. The number of rotatable bonds is 7. The van der Waals surface area contributed by atoms with Crippen LogP contribution < -0.4 is 5.32 Å². The first kappa shape index (κ1) is 21.8. The van der Waals surface area contributed by atoms with E-state index in [4.69, 9.17) is 4.52 Å². The molecule has 2 amide bonds. The van der Waals surface area contributed by atoms with Crippen molar-refractivity contribution >= 4 is 11.8 Å². The molecule has 1 aliphatic heterocycles. The summed E-state index contributed by atoms with van der Waals surface area (Å²) in [7, 11) is 0. The van der Waals surface area contributed by atoms with Gasteiger partial charge in [-0.05, 0) is 18.1 Å². The maximum absolute atomic E-state index is 13.1. The number of carbonyl (C=O) groups excluding carboxylic acids is 2. The van der Waals surface area contributed by atoms with Crippen LogP contribution in [-0.2, 0) is 4.79 Å². The summed E-state index contributed by atoms with van der Waals surface area (Å²) >= 11 is 0. The smallest absolute Gasteiger partial charge is 0.276 e. The van der Waals surface area contributed by atoms with E-state index >= 15 is 0 Å². The lowest BCUT2D eigenvalue weighted by Gasteiger charge is -2.34. The van der Waals surface area contributed by atoms with Crippen molar-refractivity contribution in [3.8, 4) is 0 Å². The highest BCUT2D eigenvalue weighted by atomic mass is 16.5. The highest BCUT2D eigenvalue weighted by Crippen LogP contribution is 2.24. The molecule has 0 saturated carbocycles. The number of carbonyl (C=O) groups is 2. The Bertz CT molecular complexity index is 988. The number of hydrogen-bond acceptors (Lipinski definition) is 5. The number of nitrogens with zero attached hydrogens (tertiary/aromatic N) is 3. The quantitative estimate of drug-likeness (QED) is 0.621. The molecule has 0 unspecified atom stereocenters.